The van der Waals surface area contributed by atoms with Crippen LogP contribution in [-0.4, -0.2) is 19.1 Å². The number of nitrogens with zero attached hydrogens (tertiary/aromatic N) is 1. The highest BCUT2D eigenvalue weighted by Gasteiger charge is 2.18. The Labute approximate surface area is 93.5 Å². The van der Waals surface area contributed by atoms with Gasteiger partial charge in [0.25, 0.3) is 5.69 Å². The maximum absolute atomic E-state index is 11.5. The van der Waals surface area contributed by atoms with E-state index in [-0.39, 0.29) is 22.8 Å². The van der Waals surface area contributed by atoms with Crippen LogP contribution in [0.3, 0.4) is 0 Å². The predicted octanol–water partition coefficient (Wildman–Crippen LogP) is 1.70. The van der Waals surface area contributed by atoms with Crippen LogP contribution in [0, 0.1) is 10.1 Å². The maximum atomic E-state index is 11.5. The van der Waals surface area contributed by atoms with Gasteiger partial charge in [0.15, 0.2) is 9.84 Å². The van der Waals surface area contributed by atoms with Crippen molar-refractivity contribution in [3.05, 3.63) is 52.6 Å². The minimum absolute atomic E-state index is 0.171. The molecule has 0 N–H and O–H groups in total. The van der Waals surface area contributed by atoms with Crippen LogP contribution >= 0.6 is 0 Å². The van der Waals surface area contributed by atoms with Crippen LogP contribution in [0.25, 0.3) is 0 Å². The molecule has 0 unspecified atom stereocenters. The first kappa shape index (κ1) is 12.4. The topological polar surface area (TPSA) is 77.3 Å². The van der Waals surface area contributed by atoms with Crippen LogP contribution in [0.1, 0.15) is 5.56 Å². The molecule has 0 heterocycles. The Morgan fingerprint density at radius 3 is 2.56 bits per heavy atom. The summed E-state index contributed by atoms with van der Waals surface area (Å²) in [4.78, 5) is 10.1. The van der Waals surface area contributed by atoms with Gasteiger partial charge in [-0.25, -0.2) is 8.42 Å². The predicted molar refractivity (Wildman–Crippen MR) is 60.8 cm³/mol. The lowest BCUT2D eigenvalue weighted by Crippen LogP contribution is -2.08. The van der Waals surface area contributed by atoms with Crippen molar-refractivity contribution in [1.29, 1.82) is 0 Å². The molecule has 1 aromatic rings. The first-order chi connectivity index (χ1) is 7.46. The van der Waals surface area contributed by atoms with Gasteiger partial charge in [0.1, 0.15) is 0 Å². The van der Waals surface area contributed by atoms with Crippen LogP contribution in [-0.2, 0) is 15.6 Å². The van der Waals surface area contributed by atoms with Gasteiger partial charge in [-0.1, -0.05) is 24.3 Å². The normalized spacial score (nSPS) is 11.0. The molecule has 1 rings (SSSR count). The van der Waals surface area contributed by atoms with Crippen molar-refractivity contribution in [3.63, 3.8) is 0 Å². The quantitative estimate of drug-likeness (QED) is 0.446. The zero-order valence-corrected chi connectivity index (χ0v) is 9.31. The largest absolute Gasteiger partial charge is 0.273 e. The van der Waals surface area contributed by atoms with E-state index in [0.29, 0.717) is 0 Å². The van der Waals surface area contributed by atoms with E-state index < -0.39 is 14.8 Å². The number of nitro groups is 1. The number of hydrogen-bond acceptors (Lipinski definition) is 4. The minimum Gasteiger partial charge on any atom is -0.258 e. The molecule has 0 saturated carbocycles. The highest BCUT2D eigenvalue weighted by Crippen LogP contribution is 2.20. The van der Waals surface area contributed by atoms with Crippen LogP contribution in [0.2, 0.25) is 0 Å². The van der Waals surface area contributed by atoms with E-state index in [2.05, 4.69) is 6.58 Å². The molecule has 0 saturated heterocycles. The SMILES string of the molecule is C=CCS(=O)(=O)Cc1ccccc1[N+](=O)[O-]. The highest BCUT2D eigenvalue weighted by molar-refractivity contribution is 7.90. The molecule has 0 amide bonds. The molecular weight excluding hydrogens is 230 g/mol. The number of hydrogen-bond donors (Lipinski definition) is 0. The zero-order valence-electron chi connectivity index (χ0n) is 8.50. The molecule has 0 radical (unpaired) electrons. The van der Waals surface area contributed by atoms with Gasteiger partial charge in [0.05, 0.1) is 16.4 Å². The second-order valence-corrected chi connectivity index (χ2v) is 5.34. The Morgan fingerprint density at radius 1 is 1.38 bits per heavy atom. The van der Waals surface area contributed by atoms with Gasteiger partial charge in [-0.15, -0.1) is 6.58 Å². The Hall–Kier alpha value is -1.69. The molecule has 0 atom stereocenters. The summed E-state index contributed by atoms with van der Waals surface area (Å²) in [5, 5.41) is 10.7. The Bertz CT molecular complexity index is 507. The van der Waals surface area contributed by atoms with Crippen molar-refractivity contribution >= 4 is 15.5 Å². The van der Waals surface area contributed by atoms with Crippen molar-refractivity contribution in [1.82, 2.24) is 0 Å². The summed E-state index contributed by atoms with van der Waals surface area (Å²) in [7, 11) is -3.36. The first-order valence-electron chi connectivity index (χ1n) is 4.50. The summed E-state index contributed by atoms with van der Waals surface area (Å²) >= 11 is 0. The molecule has 16 heavy (non-hydrogen) atoms. The molecule has 0 bridgehead atoms. The van der Waals surface area contributed by atoms with Crippen LogP contribution < -0.4 is 0 Å². The van der Waals surface area contributed by atoms with Crippen LogP contribution in [0.15, 0.2) is 36.9 Å². The molecule has 1 aromatic carbocycles. The summed E-state index contributed by atoms with van der Waals surface area (Å²) in [6, 6.07) is 5.81. The van der Waals surface area contributed by atoms with Gasteiger partial charge in [-0.2, -0.15) is 0 Å². The molecule has 0 fully saturated rings. The molecule has 0 aliphatic carbocycles. The molecular formula is C10H11NO4S. The first-order valence-corrected chi connectivity index (χ1v) is 6.32. The standard InChI is InChI=1S/C10H11NO4S/c1-2-7-16(14,15)8-9-5-3-4-6-10(9)11(12)13/h2-6H,1,7-8H2. The molecule has 5 nitrogen and oxygen atoms in total. The highest BCUT2D eigenvalue weighted by atomic mass is 32.2. The maximum Gasteiger partial charge on any atom is 0.273 e. The number of benzene rings is 1. The molecule has 86 valence electrons. The number of nitro benzene ring substituents is 1. The van der Waals surface area contributed by atoms with Crippen molar-refractivity contribution in [2.45, 2.75) is 5.75 Å². The van der Waals surface area contributed by atoms with E-state index in [1.807, 2.05) is 0 Å². The van der Waals surface area contributed by atoms with Crippen LogP contribution in [0.4, 0.5) is 5.69 Å². The third-order valence-corrected chi connectivity index (χ3v) is 3.43. The average Bonchev–Trinajstić information content (AvgIpc) is 2.17. The minimum atomic E-state index is -3.36. The second-order valence-electron chi connectivity index (χ2n) is 3.23. The summed E-state index contributed by atoms with van der Waals surface area (Å²) in [5.74, 6) is -0.519. The van der Waals surface area contributed by atoms with Gasteiger partial charge >= 0.3 is 0 Å². The monoisotopic (exact) mass is 241 g/mol. The lowest BCUT2D eigenvalue weighted by Gasteiger charge is -2.02. The second kappa shape index (κ2) is 4.89. The fraction of sp³-hybridized carbons (Fsp3) is 0.200. The van der Waals surface area contributed by atoms with E-state index >= 15 is 0 Å². The third-order valence-electron chi connectivity index (χ3n) is 1.94. The molecule has 6 heteroatoms. The summed E-state index contributed by atoms with van der Waals surface area (Å²) < 4.78 is 23.0. The van der Waals surface area contributed by atoms with Gasteiger partial charge in [0.2, 0.25) is 0 Å². The number of rotatable bonds is 5. The van der Waals surface area contributed by atoms with E-state index in [9.17, 15) is 18.5 Å². The number of para-hydroxylation sites is 1. The molecule has 0 aliphatic heterocycles. The Kier molecular flexibility index (Phi) is 3.78. The van der Waals surface area contributed by atoms with Crippen molar-refractivity contribution in [3.8, 4) is 0 Å². The van der Waals surface area contributed by atoms with Gasteiger partial charge in [0, 0.05) is 11.6 Å². The molecule has 0 aliphatic rings. The van der Waals surface area contributed by atoms with Crippen LogP contribution in [0.5, 0.6) is 0 Å². The third kappa shape index (κ3) is 3.16. The van der Waals surface area contributed by atoms with E-state index in [1.165, 1.54) is 24.3 Å². The van der Waals surface area contributed by atoms with Crippen molar-refractivity contribution < 1.29 is 13.3 Å². The fourth-order valence-corrected chi connectivity index (χ4v) is 2.48. The van der Waals surface area contributed by atoms with Gasteiger partial charge in [-0.05, 0) is 0 Å². The smallest absolute Gasteiger partial charge is 0.258 e. The van der Waals surface area contributed by atoms with E-state index in [1.54, 1.807) is 6.07 Å². The zero-order chi connectivity index (χ0) is 12.2. The lowest BCUT2D eigenvalue weighted by molar-refractivity contribution is -0.385. The van der Waals surface area contributed by atoms with E-state index in [0.717, 1.165) is 0 Å². The molecule has 0 spiro atoms. The van der Waals surface area contributed by atoms with Crippen molar-refractivity contribution in [2.75, 3.05) is 5.75 Å². The van der Waals surface area contributed by atoms with E-state index in [4.69, 9.17) is 0 Å². The van der Waals surface area contributed by atoms with Crippen molar-refractivity contribution in [2.24, 2.45) is 0 Å². The number of sulfone groups is 1. The lowest BCUT2D eigenvalue weighted by atomic mass is 10.2. The van der Waals surface area contributed by atoms with Gasteiger partial charge in [-0.3, -0.25) is 10.1 Å². The Morgan fingerprint density at radius 2 is 2.00 bits per heavy atom. The Balaban J connectivity index is 3.06. The summed E-state index contributed by atoms with van der Waals surface area (Å²) in [5.41, 5.74) is 0.0319. The summed E-state index contributed by atoms with van der Waals surface area (Å²) in [6.07, 6.45) is 1.27. The molecule has 0 aromatic heterocycles. The fourth-order valence-electron chi connectivity index (χ4n) is 1.29. The average molecular weight is 241 g/mol. The summed E-state index contributed by atoms with van der Waals surface area (Å²) in [6.45, 7) is 3.33. The van der Waals surface area contributed by atoms with Gasteiger partial charge < -0.3 is 0 Å².